The SMILES string of the molecule is CC(C)c1ccc([C@@H](NC(=O)C2CC2)c2ccnn2C)cc1. The Kier molecular flexibility index (Phi) is 4.01. The van der Waals surface area contributed by atoms with E-state index in [1.54, 1.807) is 6.20 Å². The Morgan fingerprint density at radius 1 is 1.18 bits per heavy atom. The van der Waals surface area contributed by atoms with Crippen LogP contribution in [0.15, 0.2) is 36.5 Å². The van der Waals surface area contributed by atoms with Gasteiger partial charge in [0.1, 0.15) is 0 Å². The highest BCUT2D eigenvalue weighted by atomic mass is 16.2. The lowest BCUT2D eigenvalue weighted by Gasteiger charge is -2.20. The minimum Gasteiger partial charge on any atom is -0.343 e. The molecule has 0 unspecified atom stereocenters. The van der Waals surface area contributed by atoms with Gasteiger partial charge < -0.3 is 5.32 Å². The Morgan fingerprint density at radius 3 is 2.32 bits per heavy atom. The summed E-state index contributed by atoms with van der Waals surface area (Å²) >= 11 is 0. The van der Waals surface area contributed by atoms with Crippen molar-refractivity contribution in [2.24, 2.45) is 13.0 Å². The zero-order valence-corrected chi connectivity index (χ0v) is 13.4. The van der Waals surface area contributed by atoms with Crippen LogP contribution in [0.5, 0.6) is 0 Å². The summed E-state index contributed by atoms with van der Waals surface area (Å²) in [5.41, 5.74) is 3.41. The van der Waals surface area contributed by atoms with Crippen LogP contribution in [0.3, 0.4) is 0 Å². The van der Waals surface area contributed by atoms with Crippen molar-refractivity contribution in [1.82, 2.24) is 15.1 Å². The van der Waals surface area contributed by atoms with Crippen LogP contribution in [0.1, 0.15) is 55.5 Å². The average molecular weight is 297 g/mol. The van der Waals surface area contributed by atoms with Gasteiger partial charge in [0.25, 0.3) is 0 Å². The van der Waals surface area contributed by atoms with Crippen molar-refractivity contribution in [2.75, 3.05) is 0 Å². The summed E-state index contributed by atoms with van der Waals surface area (Å²) in [7, 11) is 1.91. The van der Waals surface area contributed by atoms with E-state index in [0.717, 1.165) is 24.1 Å². The zero-order valence-electron chi connectivity index (χ0n) is 13.4. The summed E-state index contributed by atoms with van der Waals surface area (Å²) in [6.45, 7) is 4.37. The summed E-state index contributed by atoms with van der Waals surface area (Å²) in [6.07, 6.45) is 3.79. The van der Waals surface area contributed by atoms with Crippen LogP contribution in [-0.4, -0.2) is 15.7 Å². The summed E-state index contributed by atoms with van der Waals surface area (Å²) in [4.78, 5) is 12.2. The molecule has 116 valence electrons. The molecule has 0 aliphatic heterocycles. The van der Waals surface area contributed by atoms with Crippen molar-refractivity contribution in [2.45, 2.75) is 38.6 Å². The van der Waals surface area contributed by atoms with Crippen LogP contribution in [0.4, 0.5) is 0 Å². The third kappa shape index (κ3) is 3.06. The van der Waals surface area contributed by atoms with Crippen molar-refractivity contribution in [3.63, 3.8) is 0 Å². The molecular formula is C18H23N3O. The highest BCUT2D eigenvalue weighted by molar-refractivity contribution is 5.81. The number of nitrogens with zero attached hydrogens (tertiary/aromatic N) is 2. The molecule has 1 heterocycles. The molecule has 4 heteroatoms. The van der Waals surface area contributed by atoms with Crippen molar-refractivity contribution in [1.29, 1.82) is 0 Å². The minimum absolute atomic E-state index is 0.137. The first-order valence-corrected chi connectivity index (χ1v) is 7.94. The quantitative estimate of drug-likeness (QED) is 0.921. The Hall–Kier alpha value is -2.10. The Morgan fingerprint density at radius 2 is 1.82 bits per heavy atom. The van der Waals surface area contributed by atoms with Crippen LogP contribution in [0.2, 0.25) is 0 Å². The Labute approximate surface area is 131 Å². The molecular weight excluding hydrogens is 274 g/mol. The molecule has 0 radical (unpaired) electrons. The number of aryl methyl sites for hydroxylation is 1. The standard InChI is InChI=1S/C18H23N3O/c1-12(2)13-4-6-14(7-5-13)17(16-10-11-19-21(16)3)20-18(22)15-8-9-15/h4-7,10-12,15,17H,8-9H2,1-3H3,(H,20,22)/t17-/m1/s1. The van der Waals surface area contributed by atoms with E-state index in [1.807, 2.05) is 17.8 Å². The molecule has 2 aromatic rings. The maximum atomic E-state index is 12.2. The fraction of sp³-hybridized carbons (Fsp3) is 0.444. The molecule has 1 aromatic carbocycles. The van der Waals surface area contributed by atoms with E-state index in [1.165, 1.54) is 5.56 Å². The first kappa shape index (κ1) is 14.8. The number of hydrogen-bond donors (Lipinski definition) is 1. The maximum absolute atomic E-state index is 12.2. The van der Waals surface area contributed by atoms with E-state index in [9.17, 15) is 4.79 Å². The number of nitrogens with one attached hydrogen (secondary N) is 1. The molecule has 0 saturated heterocycles. The largest absolute Gasteiger partial charge is 0.343 e. The second-order valence-electron chi connectivity index (χ2n) is 6.42. The number of carbonyl (C=O) groups excluding carboxylic acids is 1. The highest BCUT2D eigenvalue weighted by Crippen LogP contribution is 2.31. The molecule has 0 spiro atoms. The van der Waals surface area contributed by atoms with Gasteiger partial charge in [-0.05, 0) is 36.0 Å². The molecule has 3 rings (SSSR count). The summed E-state index contributed by atoms with van der Waals surface area (Å²) in [5.74, 6) is 0.857. The molecule has 0 bridgehead atoms. The molecule has 1 saturated carbocycles. The van der Waals surface area contributed by atoms with Crippen LogP contribution in [0, 0.1) is 5.92 Å². The molecule has 1 atom stereocenters. The Bertz CT molecular complexity index is 653. The first-order chi connectivity index (χ1) is 10.6. The highest BCUT2D eigenvalue weighted by Gasteiger charge is 2.32. The van der Waals surface area contributed by atoms with E-state index in [4.69, 9.17) is 0 Å². The number of amides is 1. The van der Waals surface area contributed by atoms with Crippen LogP contribution < -0.4 is 5.32 Å². The second-order valence-corrected chi connectivity index (χ2v) is 6.42. The lowest BCUT2D eigenvalue weighted by Crippen LogP contribution is -2.31. The van der Waals surface area contributed by atoms with Crippen molar-refractivity contribution < 1.29 is 4.79 Å². The van der Waals surface area contributed by atoms with Crippen LogP contribution in [0.25, 0.3) is 0 Å². The molecule has 1 N–H and O–H groups in total. The third-order valence-corrected chi connectivity index (χ3v) is 4.33. The Balaban J connectivity index is 1.90. The van der Waals surface area contributed by atoms with Gasteiger partial charge >= 0.3 is 0 Å². The fourth-order valence-electron chi connectivity index (χ4n) is 2.67. The van der Waals surface area contributed by atoms with Gasteiger partial charge in [-0.1, -0.05) is 38.1 Å². The van der Waals surface area contributed by atoms with Gasteiger partial charge in [0.2, 0.25) is 5.91 Å². The lowest BCUT2D eigenvalue weighted by atomic mass is 9.97. The normalized spacial score (nSPS) is 15.8. The van der Waals surface area contributed by atoms with Crippen molar-refractivity contribution >= 4 is 5.91 Å². The average Bonchev–Trinajstić information content (AvgIpc) is 3.27. The molecule has 1 aliphatic carbocycles. The first-order valence-electron chi connectivity index (χ1n) is 7.94. The van der Waals surface area contributed by atoms with Gasteiger partial charge in [-0.15, -0.1) is 0 Å². The van der Waals surface area contributed by atoms with Crippen LogP contribution >= 0.6 is 0 Å². The van der Waals surface area contributed by atoms with Gasteiger partial charge in [-0.25, -0.2) is 0 Å². The smallest absolute Gasteiger partial charge is 0.223 e. The maximum Gasteiger partial charge on any atom is 0.223 e. The predicted octanol–water partition coefficient (Wildman–Crippen LogP) is 3.16. The van der Waals surface area contributed by atoms with Crippen LogP contribution in [-0.2, 0) is 11.8 Å². The molecule has 1 amide bonds. The molecule has 22 heavy (non-hydrogen) atoms. The van der Waals surface area contributed by atoms with E-state index in [-0.39, 0.29) is 17.9 Å². The summed E-state index contributed by atoms with van der Waals surface area (Å²) < 4.78 is 1.83. The summed E-state index contributed by atoms with van der Waals surface area (Å²) in [5, 5.41) is 7.43. The molecule has 1 fully saturated rings. The fourth-order valence-corrected chi connectivity index (χ4v) is 2.67. The molecule has 1 aromatic heterocycles. The predicted molar refractivity (Wildman–Crippen MR) is 86.4 cm³/mol. The van der Waals surface area contributed by atoms with Gasteiger partial charge in [-0.2, -0.15) is 5.10 Å². The van der Waals surface area contributed by atoms with Crippen molar-refractivity contribution in [3.8, 4) is 0 Å². The second kappa shape index (κ2) is 5.95. The van der Waals surface area contributed by atoms with Gasteiger partial charge in [0.05, 0.1) is 11.7 Å². The number of carbonyl (C=O) groups is 1. The van der Waals surface area contributed by atoms with Gasteiger partial charge in [-0.3, -0.25) is 9.48 Å². The third-order valence-electron chi connectivity index (χ3n) is 4.33. The van der Waals surface area contributed by atoms with E-state index in [2.05, 4.69) is 48.5 Å². The zero-order chi connectivity index (χ0) is 15.7. The topological polar surface area (TPSA) is 46.9 Å². The number of rotatable bonds is 5. The summed E-state index contributed by atoms with van der Waals surface area (Å²) in [6, 6.07) is 10.3. The van der Waals surface area contributed by atoms with E-state index >= 15 is 0 Å². The molecule has 1 aliphatic rings. The molecule has 4 nitrogen and oxygen atoms in total. The van der Waals surface area contributed by atoms with E-state index in [0.29, 0.717) is 5.92 Å². The van der Waals surface area contributed by atoms with E-state index < -0.39 is 0 Å². The minimum atomic E-state index is -0.137. The van der Waals surface area contributed by atoms with Gasteiger partial charge in [0, 0.05) is 19.2 Å². The number of aromatic nitrogens is 2. The van der Waals surface area contributed by atoms with Gasteiger partial charge in [0.15, 0.2) is 0 Å². The van der Waals surface area contributed by atoms with Crippen molar-refractivity contribution in [3.05, 3.63) is 53.3 Å². The number of hydrogen-bond acceptors (Lipinski definition) is 2. The number of benzene rings is 1. The monoisotopic (exact) mass is 297 g/mol. The lowest BCUT2D eigenvalue weighted by molar-refractivity contribution is -0.122.